The zero-order valence-electron chi connectivity index (χ0n) is 17.8. The van der Waals surface area contributed by atoms with Crippen LogP contribution in [0.3, 0.4) is 0 Å². The summed E-state index contributed by atoms with van der Waals surface area (Å²) in [5.74, 6) is 2.97. The SMILES string of the molecule is Cc1ccc(C=Nc2ccc(C34CC5CC(CC(C5)C3)C4)cc2)n1-c1ccccc1. The Morgan fingerprint density at radius 2 is 1.43 bits per heavy atom. The Morgan fingerprint density at radius 3 is 2.07 bits per heavy atom. The molecule has 152 valence electrons. The van der Waals surface area contributed by atoms with Gasteiger partial charge in [-0.1, -0.05) is 30.3 Å². The number of aryl methyl sites for hydroxylation is 1. The van der Waals surface area contributed by atoms with E-state index in [9.17, 15) is 0 Å². The fourth-order valence-corrected chi connectivity index (χ4v) is 7.10. The Morgan fingerprint density at radius 1 is 0.800 bits per heavy atom. The number of nitrogens with zero attached hydrogens (tertiary/aromatic N) is 2. The van der Waals surface area contributed by atoms with Crippen LogP contribution < -0.4 is 0 Å². The number of aromatic nitrogens is 1. The number of para-hydroxylation sites is 1. The number of hydrogen-bond donors (Lipinski definition) is 0. The van der Waals surface area contributed by atoms with Gasteiger partial charge in [-0.3, -0.25) is 4.99 Å². The van der Waals surface area contributed by atoms with Crippen LogP contribution in [0.5, 0.6) is 0 Å². The van der Waals surface area contributed by atoms with E-state index in [1.807, 2.05) is 6.21 Å². The molecular weight excluding hydrogens is 364 g/mol. The van der Waals surface area contributed by atoms with Crippen LogP contribution in [0.25, 0.3) is 5.69 Å². The standard InChI is InChI=1S/C28H30N2/c1-20-7-12-27(30(20)26-5-3-2-4-6-26)19-29-25-10-8-24(9-11-25)28-16-21-13-22(17-28)15-23(14-21)18-28/h2-12,19,21-23H,13-18H2,1H3. The molecule has 4 saturated carbocycles. The van der Waals surface area contributed by atoms with Crippen molar-refractivity contribution < 1.29 is 0 Å². The van der Waals surface area contributed by atoms with Gasteiger partial charge in [0, 0.05) is 11.4 Å². The smallest absolute Gasteiger partial charge is 0.0641 e. The molecule has 0 radical (unpaired) electrons. The van der Waals surface area contributed by atoms with Gasteiger partial charge in [0.1, 0.15) is 0 Å². The molecule has 0 unspecified atom stereocenters. The first-order valence-corrected chi connectivity index (χ1v) is 11.6. The van der Waals surface area contributed by atoms with Crippen LogP contribution in [-0.4, -0.2) is 10.8 Å². The molecule has 4 aliphatic rings. The molecule has 4 fully saturated rings. The van der Waals surface area contributed by atoms with Crippen molar-refractivity contribution in [1.82, 2.24) is 4.57 Å². The second-order valence-electron chi connectivity index (χ2n) is 10.1. The van der Waals surface area contributed by atoms with E-state index < -0.39 is 0 Å². The molecule has 0 atom stereocenters. The fourth-order valence-electron chi connectivity index (χ4n) is 7.10. The molecule has 0 spiro atoms. The first kappa shape index (κ1) is 18.2. The molecule has 3 aromatic rings. The predicted octanol–water partition coefficient (Wildman–Crippen LogP) is 7.00. The van der Waals surface area contributed by atoms with Gasteiger partial charge >= 0.3 is 0 Å². The van der Waals surface area contributed by atoms with Crippen molar-refractivity contribution >= 4 is 11.9 Å². The van der Waals surface area contributed by atoms with Gasteiger partial charge in [-0.15, -0.1) is 0 Å². The first-order valence-electron chi connectivity index (χ1n) is 11.6. The quantitative estimate of drug-likeness (QED) is 0.424. The molecule has 30 heavy (non-hydrogen) atoms. The lowest BCUT2D eigenvalue weighted by Crippen LogP contribution is -2.48. The van der Waals surface area contributed by atoms with E-state index in [0.29, 0.717) is 5.41 Å². The van der Waals surface area contributed by atoms with Crippen molar-refractivity contribution in [2.75, 3.05) is 0 Å². The third-order valence-electron chi connectivity index (χ3n) is 7.98. The molecule has 7 rings (SSSR count). The summed E-state index contributed by atoms with van der Waals surface area (Å²) in [5.41, 5.74) is 6.60. The average Bonchev–Trinajstić information content (AvgIpc) is 3.12. The van der Waals surface area contributed by atoms with Gasteiger partial charge < -0.3 is 4.57 Å². The van der Waals surface area contributed by atoms with Gasteiger partial charge in [-0.2, -0.15) is 0 Å². The average molecular weight is 395 g/mol. The van der Waals surface area contributed by atoms with Crippen LogP contribution >= 0.6 is 0 Å². The van der Waals surface area contributed by atoms with Crippen LogP contribution in [0.2, 0.25) is 0 Å². The maximum Gasteiger partial charge on any atom is 0.0641 e. The molecule has 0 amide bonds. The van der Waals surface area contributed by atoms with E-state index in [0.717, 1.165) is 29.1 Å². The summed E-state index contributed by atoms with van der Waals surface area (Å²) in [5, 5.41) is 0. The molecule has 4 aliphatic carbocycles. The molecule has 1 heterocycles. The summed E-state index contributed by atoms with van der Waals surface area (Å²) in [7, 11) is 0. The lowest BCUT2D eigenvalue weighted by atomic mass is 9.48. The zero-order valence-corrected chi connectivity index (χ0v) is 17.8. The van der Waals surface area contributed by atoms with E-state index >= 15 is 0 Å². The van der Waals surface area contributed by atoms with Crippen molar-refractivity contribution in [2.24, 2.45) is 22.7 Å². The number of aliphatic imine (C=N–C) groups is 1. The summed E-state index contributed by atoms with van der Waals surface area (Å²) >= 11 is 0. The number of benzene rings is 2. The third kappa shape index (κ3) is 3.05. The highest BCUT2D eigenvalue weighted by Gasteiger charge is 2.51. The normalized spacial score (nSPS) is 29.7. The van der Waals surface area contributed by atoms with Crippen molar-refractivity contribution in [2.45, 2.75) is 50.9 Å². The van der Waals surface area contributed by atoms with Gasteiger partial charge in [0.25, 0.3) is 0 Å². The van der Waals surface area contributed by atoms with Gasteiger partial charge in [0.15, 0.2) is 0 Å². The van der Waals surface area contributed by atoms with Gasteiger partial charge in [0.05, 0.1) is 17.6 Å². The highest BCUT2D eigenvalue weighted by molar-refractivity contribution is 5.81. The van der Waals surface area contributed by atoms with E-state index in [1.54, 1.807) is 5.56 Å². The molecular formula is C28H30N2. The second-order valence-corrected chi connectivity index (χ2v) is 10.1. The van der Waals surface area contributed by atoms with E-state index in [1.165, 1.54) is 49.9 Å². The van der Waals surface area contributed by atoms with Gasteiger partial charge in [-0.05, 0) is 111 Å². The largest absolute Gasteiger partial charge is 0.313 e. The second kappa shape index (κ2) is 6.97. The summed E-state index contributed by atoms with van der Waals surface area (Å²) in [4.78, 5) is 4.82. The van der Waals surface area contributed by atoms with E-state index in [2.05, 4.69) is 78.2 Å². The summed E-state index contributed by atoms with van der Waals surface area (Å²) in [6.45, 7) is 2.14. The minimum Gasteiger partial charge on any atom is -0.313 e. The Hall–Kier alpha value is -2.61. The molecule has 0 N–H and O–H groups in total. The molecule has 0 aliphatic heterocycles. The van der Waals surface area contributed by atoms with Crippen LogP contribution in [0.1, 0.15) is 55.5 Å². The maximum atomic E-state index is 4.82. The Bertz CT molecular complexity index is 1040. The molecule has 1 aromatic heterocycles. The van der Waals surface area contributed by atoms with E-state index in [-0.39, 0.29) is 0 Å². The highest BCUT2D eigenvalue weighted by Crippen LogP contribution is 2.60. The van der Waals surface area contributed by atoms with Gasteiger partial charge in [-0.25, -0.2) is 0 Å². The predicted molar refractivity (Wildman–Crippen MR) is 124 cm³/mol. The van der Waals surface area contributed by atoms with E-state index in [4.69, 9.17) is 4.99 Å². The Kier molecular flexibility index (Phi) is 4.23. The summed E-state index contributed by atoms with van der Waals surface area (Å²) in [6, 6.07) is 24.0. The summed E-state index contributed by atoms with van der Waals surface area (Å²) < 4.78 is 2.26. The first-order chi connectivity index (χ1) is 14.7. The number of rotatable bonds is 4. The summed E-state index contributed by atoms with van der Waals surface area (Å²) in [6.07, 6.45) is 10.8. The molecule has 2 heteroatoms. The zero-order chi connectivity index (χ0) is 20.1. The van der Waals surface area contributed by atoms with Crippen molar-refractivity contribution in [1.29, 1.82) is 0 Å². The van der Waals surface area contributed by atoms with Crippen LogP contribution in [0.4, 0.5) is 5.69 Å². The monoisotopic (exact) mass is 394 g/mol. The molecule has 2 aromatic carbocycles. The highest BCUT2D eigenvalue weighted by atomic mass is 15.0. The molecule has 4 bridgehead atoms. The molecule has 2 nitrogen and oxygen atoms in total. The van der Waals surface area contributed by atoms with Crippen LogP contribution in [-0.2, 0) is 5.41 Å². The van der Waals surface area contributed by atoms with Crippen molar-refractivity contribution in [3.63, 3.8) is 0 Å². The Labute approximate surface area is 179 Å². The van der Waals surface area contributed by atoms with Gasteiger partial charge in [0.2, 0.25) is 0 Å². The third-order valence-corrected chi connectivity index (χ3v) is 7.98. The lowest BCUT2D eigenvalue weighted by Gasteiger charge is -2.57. The van der Waals surface area contributed by atoms with Crippen LogP contribution in [0, 0.1) is 24.7 Å². The van der Waals surface area contributed by atoms with Crippen molar-refractivity contribution in [3.05, 3.63) is 83.7 Å². The fraction of sp³-hybridized carbons (Fsp3) is 0.393. The van der Waals surface area contributed by atoms with Crippen molar-refractivity contribution in [3.8, 4) is 5.69 Å². The molecule has 0 saturated heterocycles. The lowest BCUT2D eigenvalue weighted by molar-refractivity contribution is -0.00518. The topological polar surface area (TPSA) is 17.3 Å². The number of hydrogen-bond acceptors (Lipinski definition) is 1. The minimum absolute atomic E-state index is 0.468. The van der Waals surface area contributed by atoms with Crippen LogP contribution in [0.15, 0.2) is 71.7 Å². The minimum atomic E-state index is 0.468. The Balaban J connectivity index is 1.25. The maximum absolute atomic E-state index is 4.82.